The Labute approximate surface area is 308 Å². The summed E-state index contributed by atoms with van der Waals surface area (Å²) in [7, 11) is 1.31. The molecule has 7 rings (SSSR count). The van der Waals surface area contributed by atoms with Gasteiger partial charge in [-0.3, -0.25) is 0 Å². The van der Waals surface area contributed by atoms with Gasteiger partial charge >= 0.3 is 12.0 Å². The van der Waals surface area contributed by atoms with Crippen LogP contribution >= 0.6 is 0 Å². The third kappa shape index (κ3) is 8.64. The van der Waals surface area contributed by atoms with E-state index in [9.17, 15) is 14.7 Å². The SMILES string of the molecule is COC(=O)C(Cc1ccccc1)NC(=O)NCc1ccccc1-c1ccc(C2OC(Cn3cnc4ccccc43)CC(c3ccc(CO)cc3)O2)cc1. The number of imidazole rings is 1. The Hall–Kier alpha value is -5.81. The number of benzene rings is 5. The number of aromatic nitrogens is 2. The van der Waals surface area contributed by atoms with Gasteiger partial charge in [0.1, 0.15) is 6.04 Å². The summed E-state index contributed by atoms with van der Waals surface area (Å²) in [6, 6.07) is 40.1. The number of esters is 1. The zero-order chi connectivity index (χ0) is 36.6. The number of hydrogen-bond donors (Lipinski definition) is 3. The first kappa shape index (κ1) is 35.6. The molecular formula is C43H42N4O6. The second-order valence-corrected chi connectivity index (χ2v) is 13.1. The number of carbonyl (C=O) groups excluding carboxylic acids is 2. The van der Waals surface area contributed by atoms with Gasteiger partial charge < -0.3 is 34.5 Å². The highest BCUT2D eigenvalue weighted by Crippen LogP contribution is 2.39. The van der Waals surface area contributed by atoms with Gasteiger partial charge in [0.15, 0.2) is 6.29 Å². The summed E-state index contributed by atoms with van der Waals surface area (Å²) in [5.74, 6) is -0.511. The minimum Gasteiger partial charge on any atom is -0.467 e. The van der Waals surface area contributed by atoms with Gasteiger partial charge in [-0.15, -0.1) is 0 Å². The number of carbonyl (C=O) groups is 2. The molecule has 0 aliphatic carbocycles. The normalized spacial score (nSPS) is 17.6. The lowest BCUT2D eigenvalue weighted by Crippen LogP contribution is -2.47. The molecule has 1 aromatic heterocycles. The van der Waals surface area contributed by atoms with E-state index in [0.717, 1.165) is 50.0 Å². The van der Waals surface area contributed by atoms with E-state index in [1.165, 1.54) is 7.11 Å². The molecule has 1 saturated heterocycles. The van der Waals surface area contributed by atoms with Crippen LogP contribution in [-0.2, 0) is 45.1 Å². The fourth-order valence-corrected chi connectivity index (χ4v) is 6.75. The molecule has 1 fully saturated rings. The Kier molecular flexibility index (Phi) is 11.2. The lowest BCUT2D eigenvalue weighted by Gasteiger charge is -2.36. The van der Waals surface area contributed by atoms with Gasteiger partial charge in [0.2, 0.25) is 0 Å². The summed E-state index contributed by atoms with van der Waals surface area (Å²) in [6.07, 6.45) is 1.84. The Morgan fingerprint density at radius 2 is 1.57 bits per heavy atom. The highest BCUT2D eigenvalue weighted by Gasteiger charge is 2.33. The molecule has 10 nitrogen and oxygen atoms in total. The maximum absolute atomic E-state index is 13.0. The van der Waals surface area contributed by atoms with Crippen LogP contribution in [0.25, 0.3) is 22.2 Å². The molecular weight excluding hydrogens is 668 g/mol. The van der Waals surface area contributed by atoms with Crippen LogP contribution in [0, 0.1) is 0 Å². The first-order valence-corrected chi connectivity index (χ1v) is 17.7. The summed E-state index contributed by atoms with van der Waals surface area (Å²) in [5.41, 5.74) is 8.50. The molecule has 10 heteroatoms. The molecule has 0 spiro atoms. The van der Waals surface area contributed by atoms with Crippen molar-refractivity contribution in [1.82, 2.24) is 20.2 Å². The number of nitrogens with one attached hydrogen (secondary N) is 2. The quantitative estimate of drug-likeness (QED) is 0.117. The van der Waals surface area contributed by atoms with Crippen LogP contribution in [0.4, 0.5) is 4.79 Å². The van der Waals surface area contributed by atoms with Crippen molar-refractivity contribution in [2.24, 2.45) is 0 Å². The second kappa shape index (κ2) is 16.7. The van der Waals surface area contributed by atoms with Gasteiger partial charge in [-0.2, -0.15) is 0 Å². The van der Waals surface area contributed by atoms with Crippen LogP contribution in [-0.4, -0.2) is 45.9 Å². The number of aliphatic hydroxyl groups is 1. The van der Waals surface area contributed by atoms with Crippen LogP contribution in [0.2, 0.25) is 0 Å². The van der Waals surface area contributed by atoms with Crippen LogP contribution in [0.5, 0.6) is 0 Å². The van der Waals surface area contributed by atoms with Gasteiger partial charge in [-0.25, -0.2) is 14.6 Å². The maximum atomic E-state index is 13.0. The monoisotopic (exact) mass is 710 g/mol. The standard InChI is InChI=1S/C43H42N4O6/c1-51-41(49)38(23-29-9-3-2-4-10-29)46-43(50)44-25-34-11-5-6-12-36(34)31-19-21-33(22-20-31)42-52-35(26-47-28-45-37-13-7-8-14-39(37)47)24-40(53-42)32-17-15-30(27-48)16-18-32/h2-22,28,35,38,40,42,48H,23-27H2,1H3,(H2,44,46,50). The molecule has 0 radical (unpaired) electrons. The molecule has 3 N–H and O–H groups in total. The Morgan fingerprint density at radius 3 is 2.34 bits per heavy atom. The summed E-state index contributed by atoms with van der Waals surface area (Å²) in [6.45, 7) is 0.848. The van der Waals surface area contributed by atoms with E-state index >= 15 is 0 Å². The van der Waals surface area contributed by atoms with Crippen LogP contribution in [0.1, 0.15) is 46.6 Å². The summed E-state index contributed by atoms with van der Waals surface area (Å²) < 4.78 is 20.3. The number of nitrogens with zero attached hydrogens (tertiary/aromatic N) is 2. The smallest absolute Gasteiger partial charge is 0.328 e. The third-order valence-corrected chi connectivity index (χ3v) is 9.57. The molecule has 1 aliphatic heterocycles. The number of fused-ring (bicyclic) bond motifs is 1. The summed E-state index contributed by atoms with van der Waals surface area (Å²) in [4.78, 5) is 30.0. The number of methoxy groups -OCH3 is 1. The molecule has 270 valence electrons. The zero-order valence-electron chi connectivity index (χ0n) is 29.4. The minimum absolute atomic E-state index is 0.0166. The summed E-state index contributed by atoms with van der Waals surface area (Å²) >= 11 is 0. The number of aliphatic hydroxyl groups excluding tert-OH is 1. The Balaban J connectivity index is 1.06. The van der Waals surface area contributed by atoms with E-state index in [1.807, 2.05) is 128 Å². The predicted molar refractivity (Wildman–Crippen MR) is 201 cm³/mol. The number of amides is 2. The van der Waals surface area contributed by atoms with Crippen molar-refractivity contribution in [3.8, 4) is 11.1 Å². The third-order valence-electron chi connectivity index (χ3n) is 9.57. The topological polar surface area (TPSA) is 124 Å². The number of para-hydroxylation sites is 2. The highest BCUT2D eigenvalue weighted by molar-refractivity contribution is 5.84. The maximum Gasteiger partial charge on any atom is 0.328 e. The molecule has 2 heterocycles. The molecule has 4 atom stereocenters. The molecule has 1 aliphatic rings. The van der Waals surface area contributed by atoms with Crippen molar-refractivity contribution < 1.29 is 28.9 Å². The average Bonchev–Trinajstić information content (AvgIpc) is 3.62. The van der Waals surface area contributed by atoms with Crippen molar-refractivity contribution >= 4 is 23.0 Å². The van der Waals surface area contributed by atoms with Crippen molar-refractivity contribution in [3.05, 3.63) is 162 Å². The van der Waals surface area contributed by atoms with Crippen molar-refractivity contribution in [2.75, 3.05) is 7.11 Å². The lowest BCUT2D eigenvalue weighted by molar-refractivity contribution is -0.252. The molecule has 4 unspecified atom stereocenters. The van der Waals surface area contributed by atoms with Crippen molar-refractivity contribution in [1.29, 1.82) is 0 Å². The summed E-state index contributed by atoms with van der Waals surface area (Å²) in [5, 5.41) is 15.3. The molecule has 5 aromatic carbocycles. The van der Waals surface area contributed by atoms with E-state index < -0.39 is 24.3 Å². The van der Waals surface area contributed by atoms with E-state index in [2.05, 4.69) is 26.3 Å². The van der Waals surface area contributed by atoms with Crippen LogP contribution in [0.3, 0.4) is 0 Å². The van der Waals surface area contributed by atoms with Gasteiger partial charge in [0.05, 0.1) is 49.8 Å². The number of urea groups is 1. The second-order valence-electron chi connectivity index (χ2n) is 13.1. The molecule has 0 bridgehead atoms. The fraction of sp³-hybridized carbons (Fsp3) is 0.233. The Bertz CT molecular complexity index is 2130. The van der Waals surface area contributed by atoms with Gasteiger partial charge in [0.25, 0.3) is 0 Å². The first-order chi connectivity index (χ1) is 26.0. The molecule has 0 saturated carbocycles. The van der Waals surface area contributed by atoms with Crippen LogP contribution < -0.4 is 10.6 Å². The number of rotatable bonds is 12. The molecule has 53 heavy (non-hydrogen) atoms. The van der Waals surface area contributed by atoms with E-state index in [4.69, 9.17) is 14.2 Å². The van der Waals surface area contributed by atoms with Gasteiger partial charge in [0, 0.05) is 24.9 Å². The van der Waals surface area contributed by atoms with E-state index in [1.54, 1.807) is 0 Å². The average molecular weight is 711 g/mol. The molecule has 6 aromatic rings. The first-order valence-electron chi connectivity index (χ1n) is 17.7. The van der Waals surface area contributed by atoms with E-state index in [-0.39, 0.29) is 25.4 Å². The highest BCUT2D eigenvalue weighted by atomic mass is 16.7. The molecule has 2 amide bonds. The van der Waals surface area contributed by atoms with Crippen molar-refractivity contribution in [2.45, 2.75) is 57.1 Å². The number of hydrogen-bond acceptors (Lipinski definition) is 7. The predicted octanol–water partition coefficient (Wildman–Crippen LogP) is 7.02. The van der Waals surface area contributed by atoms with Gasteiger partial charge in [-0.05, 0) is 45.5 Å². The Morgan fingerprint density at radius 1 is 0.849 bits per heavy atom. The zero-order valence-corrected chi connectivity index (χ0v) is 29.4. The van der Waals surface area contributed by atoms with Gasteiger partial charge in [-0.1, -0.05) is 115 Å². The van der Waals surface area contributed by atoms with E-state index in [0.29, 0.717) is 19.4 Å². The number of ether oxygens (including phenoxy) is 3. The van der Waals surface area contributed by atoms with Crippen LogP contribution in [0.15, 0.2) is 134 Å². The minimum atomic E-state index is -0.826. The fourth-order valence-electron chi connectivity index (χ4n) is 6.75. The lowest BCUT2D eigenvalue weighted by atomic mass is 9.97. The largest absolute Gasteiger partial charge is 0.467 e. The van der Waals surface area contributed by atoms with Crippen molar-refractivity contribution in [3.63, 3.8) is 0 Å².